The van der Waals surface area contributed by atoms with Crippen molar-refractivity contribution in [2.24, 2.45) is 5.73 Å². The van der Waals surface area contributed by atoms with Gasteiger partial charge >= 0.3 is 6.61 Å². The van der Waals surface area contributed by atoms with Gasteiger partial charge in [0.25, 0.3) is 0 Å². The fourth-order valence-corrected chi connectivity index (χ4v) is 2.27. The van der Waals surface area contributed by atoms with E-state index in [2.05, 4.69) is 4.74 Å². The van der Waals surface area contributed by atoms with Crippen LogP contribution in [0.15, 0.2) is 18.2 Å². The average Bonchev–Trinajstić information content (AvgIpc) is 2.37. The molecule has 1 heterocycles. The van der Waals surface area contributed by atoms with Gasteiger partial charge < -0.3 is 15.4 Å². The molecule has 0 spiro atoms. The first kappa shape index (κ1) is 13.7. The zero-order chi connectivity index (χ0) is 13.8. The van der Waals surface area contributed by atoms with Crippen molar-refractivity contribution in [1.82, 2.24) is 0 Å². The number of ether oxygens (including phenoxy) is 1. The second-order valence-corrected chi connectivity index (χ2v) is 4.36. The summed E-state index contributed by atoms with van der Waals surface area (Å²) in [4.78, 5) is 13.6. The van der Waals surface area contributed by atoms with Crippen molar-refractivity contribution in [3.8, 4) is 5.75 Å². The van der Waals surface area contributed by atoms with Gasteiger partial charge in [0, 0.05) is 25.2 Å². The van der Waals surface area contributed by atoms with Crippen molar-refractivity contribution in [1.29, 1.82) is 0 Å². The molecule has 0 saturated carbocycles. The lowest BCUT2D eigenvalue weighted by Gasteiger charge is -2.29. The molecule has 104 valence electrons. The van der Waals surface area contributed by atoms with Gasteiger partial charge in [-0.25, -0.2) is 0 Å². The Morgan fingerprint density at radius 2 is 2.26 bits per heavy atom. The fraction of sp³-hybridized carbons (Fsp3) is 0.462. The molecule has 0 unspecified atom stereocenters. The molecule has 0 atom stereocenters. The van der Waals surface area contributed by atoms with Crippen molar-refractivity contribution < 1.29 is 18.3 Å². The van der Waals surface area contributed by atoms with Gasteiger partial charge in [-0.05, 0) is 36.6 Å². The molecule has 0 bridgehead atoms. The first-order valence-corrected chi connectivity index (χ1v) is 6.20. The molecular weight excluding hydrogens is 254 g/mol. The van der Waals surface area contributed by atoms with Gasteiger partial charge in [-0.15, -0.1) is 0 Å². The van der Waals surface area contributed by atoms with Crippen molar-refractivity contribution in [2.75, 3.05) is 18.0 Å². The number of hydrogen-bond acceptors (Lipinski definition) is 3. The summed E-state index contributed by atoms with van der Waals surface area (Å²) < 4.78 is 28.7. The third-order valence-electron chi connectivity index (χ3n) is 3.05. The van der Waals surface area contributed by atoms with Crippen LogP contribution in [0.3, 0.4) is 0 Å². The van der Waals surface area contributed by atoms with Crippen LogP contribution < -0.4 is 15.4 Å². The molecule has 6 heteroatoms. The second-order valence-electron chi connectivity index (χ2n) is 4.36. The summed E-state index contributed by atoms with van der Waals surface area (Å²) >= 11 is 0. The molecule has 2 N–H and O–H groups in total. The zero-order valence-electron chi connectivity index (χ0n) is 10.4. The molecule has 4 nitrogen and oxygen atoms in total. The minimum absolute atomic E-state index is 0.0361. The Balaban J connectivity index is 2.23. The van der Waals surface area contributed by atoms with E-state index >= 15 is 0 Å². The molecule has 1 aliphatic rings. The number of carbonyl (C=O) groups excluding carboxylic acids is 1. The molecule has 1 amide bonds. The van der Waals surface area contributed by atoms with Gasteiger partial charge in [-0.2, -0.15) is 8.78 Å². The Kier molecular flexibility index (Phi) is 4.31. The van der Waals surface area contributed by atoms with E-state index in [1.54, 1.807) is 17.0 Å². The number of alkyl halides is 2. The predicted octanol–water partition coefficient (Wildman–Crippen LogP) is 1.92. The van der Waals surface area contributed by atoms with E-state index in [0.29, 0.717) is 13.1 Å². The maximum absolute atomic E-state index is 12.2. The van der Waals surface area contributed by atoms with Gasteiger partial charge in [0.15, 0.2) is 0 Å². The van der Waals surface area contributed by atoms with Crippen LogP contribution in [0, 0.1) is 0 Å². The Bertz CT molecular complexity index is 466. The van der Waals surface area contributed by atoms with Crippen LogP contribution in [0.25, 0.3) is 0 Å². The first-order valence-electron chi connectivity index (χ1n) is 6.20. The number of anilines is 1. The zero-order valence-corrected chi connectivity index (χ0v) is 10.4. The number of aryl methyl sites for hydroxylation is 1. The monoisotopic (exact) mass is 270 g/mol. The number of halogens is 2. The normalized spacial score (nSPS) is 14.4. The minimum atomic E-state index is -2.84. The molecule has 0 aromatic heterocycles. The molecular formula is C13H16F2N2O2. The van der Waals surface area contributed by atoms with E-state index in [0.717, 1.165) is 24.1 Å². The van der Waals surface area contributed by atoms with E-state index in [1.807, 2.05) is 0 Å². The number of hydrogen-bond donors (Lipinski definition) is 1. The highest BCUT2D eigenvalue weighted by atomic mass is 19.3. The van der Waals surface area contributed by atoms with Gasteiger partial charge in [-0.3, -0.25) is 4.79 Å². The maximum Gasteiger partial charge on any atom is 0.387 e. The standard InChI is InChI=1S/C13H16F2N2O2/c14-13(15)19-10-3-4-11-9(8-10)2-1-7-17(11)12(18)5-6-16/h3-4,8,13H,1-2,5-7,16H2. The highest BCUT2D eigenvalue weighted by Gasteiger charge is 2.22. The quantitative estimate of drug-likeness (QED) is 0.909. The molecule has 0 aliphatic carbocycles. The average molecular weight is 270 g/mol. The van der Waals surface area contributed by atoms with E-state index in [1.165, 1.54) is 6.07 Å². The molecule has 2 rings (SSSR count). The molecule has 1 aromatic carbocycles. The molecule has 0 saturated heterocycles. The Morgan fingerprint density at radius 3 is 2.95 bits per heavy atom. The number of rotatable bonds is 4. The molecule has 1 aliphatic heterocycles. The van der Waals surface area contributed by atoms with Gasteiger partial charge in [0.1, 0.15) is 5.75 Å². The van der Waals surface area contributed by atoms with Gasteiger partial charge in [-0.1, -0.05) is 0 Å². The Morgan fingerprint density at radius 1 is 1.47 bits per heavy atom. The second kappa shape index (κ2) is 5.97. The van der Waals surface area contributed by atoms with Crippen LogP contribution in [0.2, 0.25) is 0 Å². The lowest BCUT2D eigenvalue weighted by atomic mass is 10.0. The Hall–Kier alpha value is -1.69. The smallest absolute Gasteiger partial charge is 0.387 e. The molecule has 1 aromatic rings. The van der Waals surface area contributed by atoms with Crippen LogP contribution >= 0.6 is 0 Å². The van der Waals surface area contributed by atoms with Crippen LogP contribution in [-0.4, -0.2) is 25.6 Å². The van der Waals surface area contributed by atoms with Crippen LogP contribution in [0.4, 0.5) is 14.5 Å². The molecule has 0 radical (unpaired) electrons. The van der Waals surface area contributed by atoms with Crippen molar-refractivity contribution in [3.05, 3.63) is 23.8 Å². The fourth-order valence-electron chi connectivity index (χ4n) is 2.27. The SMILES string of the molecule is NCCC(=O)N1CCCc2cc(OC(F)F)ccc21. The topological polar surface area (TPSA) is 55.6 Å². The van der Waals surface area contributed by atoms with Crippen molar-refractivity contribution in [2.45, 2.75) is 25.9 Å². The predicted molar refractivity (Wildman–Crippen MR) is 67.4 cm³/mol. The summed E-state index contributed by atoms with van der Waals surface area (Å²) in [5.41, 5.74) is 7.01. The lowest BCUT2D eigenvalue weighted by molar-refractivity contribution is -0.118. The van der Waals surface area contributed by atoms with Crippen LogP contribution in [0.1, 0.15) is 18.4 Å². The highest BCUT2D eigenvalue weighted by molar-refractivity contribution is 5.94. The highest BCUT2D eigenvalue weighted by Crippen LogP contribution is 2.31. The molecule has 19 heavy (non-hydrogen) atoms. The summed E-state index contributed by atoms with van der Waals surface area (Å²) in [5, 5.41) is 0. The Labute approximate surface area is 110 Å². The van der Waals surface area contributed by atoms with Crippen LogP contribution in [0.5, 0.6) is 5.75 Å². The number of amides is 1. The van der Waals surface area contributed by atoms with E-state index < -0.39 is 6.61 Å². The van der Waals surface area contributed by atoms with Crippen molar-refractivity contribution in [3.63, 3.8) is 0 Å². The van der Waals surface area contributed by atoms with E-state index in [-0.39, 0.29) is 18.1 Å². The first-order chi connectivity index (χ1) is 9.11. The van der Waals surface area contributed by atoms with E-state index in [4.69, 9.17) is 5.73 Å². The maximum atomic E-state index is 12.2. The van der Waals surface area contributed by atoms with Crippen LogP contribution in [-0.2, 0) is 11.2 Å². The van der Waals surface area contributed by atoms with Crippen molar-refractivity contribution >= 4 is 11.6 Å². The van der Waals surface area contributed by atoms with Gasteiger partial charge in [0.05, 0.1) is 0 Å². The number of fused-ring (bicyclic) bond motifs is 1. The summed E-state index contributed by atoms with van der Waals surface area (Å²) in [7, 11) is 0. The minimum Gasteiger partial charge on any atom is -0.435 e. The largest absolute Gasteiger partial charge is 0.435 e. The summed E-state index contributed by atoms with van der Waals surface area (Å²) in [6.45, 7) is -1.89. The summed E-state index contributed by atoms with van der Waals surface area (Å²) in [6, 6.07) is 4.68. The van der Waals surface area contributed by atoms with Gasteiger partial charge in [0.2, 0.25) is 5.91 Å². The number of nitrogens with two attached hydrogens (primary N) is 1. The molecule has 0 fully saturated rings. The lowest BCUT2D eigenvalue weighted by Crippen LogP contribution is -2.36. The number of benzene rings is 1. The summed E-state index contributed by atoms with van der Waals surface area (Å²) in [6.07, 6.45) is 1.85. The third-order valence-corrected chi connectivity index (χ3v) is 3.05. The van der Waals surface area contributed by atoms with E-state index in [9.17, 15) is 13.6 Å². The summed E-state index contributed by atoms with van der Waals surface area (Å²) in [5.74, 6) is 0.0906. The number of carbonyl (C=O) groups is 1. The number of nitrogens with zero attached hydrogens (tertiary/aromatic N) is 1. The third kappa shape index (κ3) is 3.20.